The minimum Gasteiger partial charge on any atom is -0.493 e. The van der Waals surface area contributed by atoms with Gasteiger partial charge in [0.25, 0.3) is 0 Å². The molecular weight excluding hydrogens is 340 g/mol. The summed E-state index contributed by atoms with van der Waals surface area (Å²) < 4.78 is 10.9. The van der Waals surface area contributed by atoms with Crippen molar-refractivity contribution in [1.82, 2.24) is 9.88 Å². The quantitative estimate of drug-likeness (QED) is 0.735. The van der Waals surface area contributed by atoms with Crippen LogP contribution >= 0.6 is 11.3 Å². The maximum atomic E-state index is 10.9. The number of aromatic nitrogens is 1. The molecule has 0 spiro atoms. The predicted molar refractivity (Wildman–Crippen MR) is 98.4 cm³/mol. The molecule has 1 atom stereocenters. The Bertz CT molecular complexity index is 717. The van der Waals surface area contributed by atoms with E-state index in [1.807, 2.05) is 42.5 Å². The maximum Gasteiger partial charge on any atom is 0.307 e. The van der Waals surface area contributed by atoms with Crippen LogP contribution in [-0.4, -0.2) is 48.3 Å². The molecule has 0 aliphatic carbocycles. The molecule has 0 radical (unpaired) electrons. The lowest BCUT2D eigenvalue weighted by atomic mass is 10.2. The number of aliphatic carboxylic acids is 1. The molecule has 0 amide bonds. The Morgan fingerprint density at radius 1 is 1.40 bits per heavy atom. The van der Waals surface area contributed by atoms with Crippen molar-refractivity contribution in [2.45, 2.75) is 20.4 Å². The third-order valence-corrected chi connectivity index (χ3v) is 4.64. The van der Waals surface area contributed by atoms with Crippen LogP contribution in [0.5, 0.6) is 11.5 Å². The van der Waals surface area contributed by atoms with Gasteiger partial charge in [-0.1, -0.05) is 6.92 Å². The van der Waals surface area contributed by atoms with Crippen LogP contribution in [0.1, 0.15) is 19.5 Å². The van der Waals surface area contributed by atoms with E-state index < -0.39 is 11.9 Å². The van der Waals surface area contributed by atoms with E-state index in [1.54, 1.807) is 25.4 Å². The van der Waals surface area contributed by atoms with Crippen molar-refractivity contribution in [3.05, 3.63) is 29.3 Å². The number of carbonyl (C=O) groups is 1. The van der Waals surface area contributed by atoms with E-state index in [-0.39, 0.29) is 0 Å². The first-order chi connectivity index (χ1) is 11.9. The molecule has 0 fully saturated rings. The third-order valence-electron chi connectivity index (χ3n) is 3.70. The number of nitrogens with zero attached hydrogens (tertiary/aromatic N) is 2. The summed E-state index contributed by atoms with van der Waals surface area (Å²) in [6.45, 7) is 5.32. The predicted octanol–water partition coefficient (Wildman–Crippen LogP) is 3.37. The van der Waals surface area contributed by atoms with Crippen molar-refractivity contribution in [2.24, 2.45) is 5.92 Å². The van der Waals surface area contributed by atoms with Crippen LogP contribution in [0.15, 0.2) is 23.6 Å². The molecule has 6 nitrogen and oxygen atoms in total. The number of carboxylic acid groups (broad SMARTS) is 1. The third kappa shape index (κ3) is 5.17. The summed E-state index contributed by atoms with van der Waals surface area (Å²) in [6.07, 6.45) is 0. The Hall–Kier alpha value is -2.12. The van der Waals surface area contributed by atoms with E-state index in [9.17, 15) is 4.79 Å². The SMILES string of the molecule is CCOc1ccc(-c2nc(CN(C)CC(C)C(=O)O)cs2)cc1OC. The Morgan fingerprint density at radius 2 is 2.16 bits per heavy atom. The fourth-order valence-corrected chi connectivity index (χ4v) is 3.28. The topological polar surface area (TPSA) is 71.9 Å². The highest BCUT2D eigenvalue weighted by atomic mass is 32.1. The molecule has 2 rings (SSSR count). The molecule has 1 heterocycles. The smallest absolute Gasteiger partial charge is 0.307 e. The van der Waals surface area contributed by atoms with Crippen LogP contribution in [-0.2, 0) is 11.3 Å². The second-order valence-corrected chi connectivity index (χ2v) is 6.74. The number of carboxylic acids is 1. The first kappa shape index (κ1) is 19.2. The number of ether oxygens (including phenoxy) is 2. The van der Waals surface area contributed by atoms with Gasteiger partial charge < -0.3 is 14.6 Å². The van der Waals surface area contributed by atoms with Crippen LogP contribution in [0.25, 0.3) is 10.6 Å². The molecular formula is C18H24N2O4S. The minimum atomic E-state index is -0.785. The molecule has 1 N–H and O–H groups in total. The number of rotatable bonds is 9. The highest BCUT2D eigenvalue weighted by Crippen LogP contribution is 2.33. The summed E-state index contributed by atoms with van der Waals surface area (Å²) in [7, 11) is 3.52. The summed E-state index contributed by atoms with van der Waals surface area (Å²) in [5, 5.41) is 11.9. The Labute approximate surface area is 152 Å². The molecule has 25 heavy (non-hydrogen) atoms. The lowest BCUT2D eigenvalue weighted by Gasteiger charge is -2.17. The molecule has 0 aliphatic heterocycles. The van der Waals surface area contributed by atoms with Gasteiger partial charge in [0.15, 0.2) is 11.5 Å². The minimum absolute atomic E-state index is 0.404. The monoisotopic (exact) mass is 364 g/mol. The summed E-state index contributed by atoms with van der Waals surface area (Å²) in [6, 6.07) is 5.77. The number of thiazole rings is 1. The number of benzene rings is 1. The largest absolute Gasteiger partial charge is 0.493 e. The molecule has 1 aromatic carbocycles. The summed E-state index contributed by atoms with van der Waals surface area (Å²) >= 11 is 1.56. The zero-order valence-electron chi connectivity index (χ0n) is 15.0. The number of methoxy groups -OCH3 is 1. The summed E-state index contributed by atoms with van der Waals surface area (Å²) in [5.41, 5.74) is 1.89. The highest BCUT2D eigenvalue weighted by molar-refractivity contribution is 7.13. The van der Waals surface area contributed by atoms with Gasteiger partial charge in [0.05, 0.1) is 25.3 Å². The Kier molecular flexibility index (Phi) is 6.78. The van der Waals surface area contributed by atoms with Crippen molar-refractivity contribution >= 4 is 17.3 Å². The zero-order chi connectivity index (χ0) is 18.4. The van der Waals surface area contributed by atoms with E-state index in [4.69, 9.17) is 14.6 Å². The summed E-state index contributed by atoms with van der Waals surface area (Å²) in [4.78, 5) is 17.6. The lowest BCUT2D eigenvalue weighted by Crippen LogP contribution is -2.28. The van der Waals surface area contributed by atoms with Crippen molar-refractivity contribution in [1.29, 1.82) is 0 Å². The van der Waals surface area contributed by atoms with E-state index in [0.29, 0.717) is 31.2 Å². The van der Waals surface area contributed by atoms with Crippen molar-refractivity contribution in [3.8, 4) is 22.1 Å². The number of hydrogen-bond acceptors (Lipinski definition) is 6. The average Bonchev–Trinajstić information content (AvgIpc) is 3.03. The van der Waals surface area contributed by atoms with Gasteiger partial charge in [-0.15, -0.1) is 11.3 Å². The average molecular weight is 364 g/mol. The fraction of sp³-hybridized carbons (Fsp3) is 0.444. The van der Waals surface area contributed by atoms with Crippen LogP contribution in [0.3, 0.4) is 0 Å². The second kappa shape index (κ2) is 8.82. The molecule has 0 saturated carbocycles. The van der Waals surface area contributed by atoms with Gasteiger partial charge in [0.1, 0.15) is 5.01 Å². The van der Waals surface area contributed by atoms with E-state index in [2.05, 4.69) is 4.98 Å². The number of hydrogen-bond donors (Lipinski definition) is 1. The fourth-order valence-electron chi connectivity index (χ4n) is 2.47. The molecule has 0 aliphatic rings. The first-order valence-electron chi connectivity index (χ1n) is 8.11. The van der Waals surface area contributed by atoms with Crippen LogP contribution in [0, 0.1) is 5.92 Å². The van der Waals surface area contributed by atoms with Gasteiger partial charge in [0.2, 0.25) is 0 Å². The van der Waals surface area contributed by atoms with Crippen molar-refractivity contribution in [3.63, 3.8) is 0 Å². The maximum absolute atomic E-state index is 10.9. The van der Waals surface area contributed by atoms with Gasteiger partial charge in [-0.05, 0) is 32.2 Å². The second-order valence-electron chi connectivity index (χ2n) is 5.88. The van der Waals surface area contributed by atoms with E-state index in [0.717, 1.165) is 16.3 Å². The standard InChI is InChI=1S/C18H24N2O4S/c1-5-24-15-7-6-13(8-16(15)23-4)17-19-14(11-25-17)10-20(3)9-12(2)18(21)22/h6-8,11-12H,5,9-10H2,1-4H3,(H,21,22). The first-order valence-corrected chi connectivity index (χ1v) is 8.99. The van der Waals surface area contributed by atoms with Gasteiger partial charge in [-0.25, -0.2) is 4.98 Å². The van der Waals surface area contributed by atoms with Crippen LogP contribution < -0.4 is 9.47 Å². The Balaban J connectivity index is 2.09. The zero-order valence-corrected chi connectivity index (χ0v) is 15.8. The molecule has 136 valence electrons. The normalized spacial score (nSPS) is 12.2. The van der Waals surface area contributed by atoms with Gasteiger partial charge >= 0.3 is 5.97 Å². The van der Waals surface area contributed by atoms with Crippen LogP contribution in [0.4, 0.5) is 0 Å². The van der Waals surface area contributed by atoms with Crippen molar-refractivity contribution in [2.75, 3.05) is 27.3 Å². The molecule has 7 heteroatoms. The molecule has 0 saturated heterocycles. The molecule has 1 aromatic heterocycles. The van der Waals surface area contributed by atoms with Crippen LogP contribution in [0.2, 0.25) is 0 Å². The Morgan fingerprint density at radius 3 is 2.80 bits per heavy atom. The van der Waals surface area contributed by atoms with Gasteiger partial charge in [-0.3, -0.25) is 9.69 Å². The van der Waals surface area contributed by atoms with Gasteiger partial charge in [-0.2, -0.15) is 0 Å². The molecule has 2 aromatic rings. The summed E-state index contributed by atoms with van der Waals surface area (Å²) in [5.74, 6) is 0.210. The highest BCUT2D eigenvalue weighted by Gasteiger charge is 2.15. The van der Waals surface area contributed by atoms with Crippen molar-refractivity contribution < 1.29 is 19.4 Å². The lowest BCUT2D eigenvalue weighted by molar-refractivity contribution is -0.141. The van der Waals surface area contributed by atoms with E-state index in [1.165, 1.54) is 0 Å². The van der Waals surface area contributed by atoms with E-state index >= 15 is 0 Å². The molecule has 1 unspecified atom stereocenters. The molecule has 0 bridgehead atoms. The van der Waals surface area contributed by atoms with Gasteiger partial charge in [0, 0.05) is 24.0 Å².